The van der Waals surface area contributed by atoms with E-state index in [9.17, 15) is 14.4 Å². The lowest BCUT2D eigenvalue weighted by molar-refractivity contribution is -0.167. The smallest absolute Gasteiger partial charge is 0.306 e. The van der Waals surface area contributed by atoms with Gasteiger partial charge in [-0.05, 0) is 51.4 Å². The highest BCUT2D eigenvalue weighted by molar-refractivity contribution is 5.71. The first-order valence-corrected chi connectivity index (χ1v) is 32.8. The van der Waals surface area contributed by atoms with Crippen molar-refractivity contribution in [1.29, 1.82) is 0 Å². The van der Waals surface area contributed by atoms with Crippen LogP contribution in [0.4, 0.5) is 0 Å². The lowest BCUT2D eigenvalue weighted by Crippen LogP contribution is -2.30. The fourth-order valence-electron chi connectivity index (χ4n) is 10.0. The number of hydrogen-bond acceptors (Lipinski definition) is 6. The summed E-state index contributed by atoms with van der Waals surface area (Å²) in [6.45, 7) is 6.69. The van der Waals surface area contributed by atoms with Crippen LogP contribution in [0.15, 0.2) is 24.3 Å². The van der Waals surface area contributed by atoms with Gasteiger partial charge in [0.15, 0.2) is 6.10 Å². The topological polar surface area (TPSA) is 78.9 Å². The molecule has 0 spiro atoms. The van der Waals surface area contributed by atoms with Crippen LogP contribution in [-0.4, -0.2) is 37.2 Å². The monoisotopic (exact) mass is 1030 g/mol. The van der Waals surface area contributed by atoms with Gasteiger partial charge in [-0.1, -0.05) is 321 Å². The molecule has 0 saturated carbocycles. The second-order valence-corrected chi connectivity index (χ2v) is 22.4. The van der Waals surface area contributed by atoms with E-state index in [1.54, 1.807) is 0 Å². The van der Waals surface area contributed by atoms with Crippen LogP contribution >= 0.6 is 0 Å². The number of unbranched alkanes of at least 4 members (excludes halogenated alkanes) is 46. The van der Waals surface area contributed by atoms with E-state index in [0.717, 1.165) is 64.2 Å². The molecule has 6 nitrogen and oxygen atoms in total. The van der Waals surface area contributed by atoms with Crippen LogP contribution in [0.25, 0.3) is 0 Å². The normalized spacial score (nSPS) is 12.1. The Bertz CT molecular complexity index is 1180. The van der Waals surface area contributed by atoms with E-state index in [-0.39, 0.29) is 31.1 Å². The molecule has 0 N–H and O–H groups in total. The molecule has 0 amide bonds. The van der Waals surface area contributed by atoms with Crippen molar-refractivity contribution in [2.24, 2.45) is 0 Å². The first-order valence-electron chi connectivity index (χ1n) is 32.8. The van der Waals surface area contributed by atoms with E-state index in [1.807, 2.05) is 0 Å². The maximum absolute atomic E-state index is 12.9. The summed E-state index contributed by atoms with van der Waals surface area (Å²) in [7, 11) is 0. The number of ether oxygens (including phenoxy) is 3. The predicted molar refractivity (Wildman–Crippen MR) is 316 cm³/mol. The van der Waals surface area contributed by atoms with Crippen LogP contribution in [0.1, 0.15) is 367 Å². The molecular weight excluding hydrogens is 901 g/mol. The maximum atomic E-state index is 12.9. The Morgan fingerprint density at radius 2 is 0.493 bits per heavy atom. The molecule has 0 aliphatic rings. The first-order chi connectivity index (χ1) is 36.0. The van der Waals surface area contributed by atoms with Crippen molar-refractivity contribution in [1.82, 2.24) is 0 Å². The molecule has 0 aromatic heterocycles. The van der Waals surface area contributed by atoms with E-state index in [2.05, 4.69) is 45.1 Å². The molecule has 430 valence electrons. The summed E-state index contributed by atoms with van der Waals surface area (Å²) in [5, 5.41) is 0. The quantitative estimate of drug-likeness (QED) is 0.0261. The van der Waals surface area contributed by atoms with Crippen LogP contribution in [-0.2, 0) is 28.6 Å². The van der Waals surface area contributed by atoms with Gasteiger partial charge in [-0.3, -0.25) is 14.4 Å². The van der Waals surface area contributed by atoms with Gasteiger partial charge in [-0.2, -0.15) is 0 Å². The van der Waals surface area contributed by atoms with Gasteiger partial charge in [0.05, 0.1) is 0 Å². The molecule has 73 heavy (non-hydrogen) atoms. The Labute approximate surface area is 455 Å². The van der Waals surface area contributed by atoms with E-state index in [4.69, 9.17) is 14.2 Å². The number of rotatable bonds is 61. The molecule has 0 bridgehead atoms. The minimum absolute atomic E-state index is 0.0666. The molecule has 0 heterocycles. The van der Waals surface area contributed by atoms with Crippen molar-refractivity contribution in [3.05, 3.63) is 24.3 Å². The van der Waals surface area contributed by atoms with Gasteiger partial charge in [0, 0.05) is 19.3 Å². The lowest BCUT2D eigenvalue weighted by Gasteiger charge is -2.18. The zero-order chi connectivity index (χ0) is 52.9. The molecule has 0 aliphatic heterocycles. The Morgan fingerprint density at radius 3 is 0.781 bits per heavy atom. The maximum Gasteiger partial charge on any atom is 0.306 e. The molecule has 0 fully saturated rings. The van der Waals surface area contributed by atoms with Gasteiger partial charge in [0.25, 0.3) is 0 Å². The molecule has 0 radical (unpaired) electrons. The van der Waals surface area contributed by atoms with Gasteiger partial charge < -0.3 is 14.2 Å². The lowest BCUT2D eigenvalue weighted by atomic mass is 10.0. The van der Waals surface area contributed by atoms with Gasteiger partial charge >= 0.3 is 17.9 Å². The third-order valence-electron chi connectivity index (χ3n) is 15.0. The minimum atomic E-state index is -0.770. The SMILES string of the molecule is CCCCC/C=C\C/C=C\CCCCCCCCCCCC(=O)O[C@@H](COC(=O)CCCCCCCCCCCCCCCCC)COC(=O)CCCCCCCCCCCCCCCCCCCCCCC. The van der Waals surface area contributed by atoms with Crippen molar-refractivity contribution in [3.63, 3.8) is 0 Å². The van der Waals surface area contributed by atoms with Crippen molar-refractivity contribution in [3.8, 4) is 0 Å². The number of esters is 3. The molecule has 0 unspecified atom stereocenters. The highest BCUT2D eigenvalue weighted by Crippen LogP contribution is 2.18. The molecule has 0 saturated heterocycles. The second kappa shape index (κ2) is 62.4. The molecule has 0 aliphatic carbocycles. The summed E-state index contributed by atoms with van der Waals surface area (Å²) < 4.78 is 17.0. The fourth-order valence-corrected chi connectivity index (χ4v) is 10.0. The average Bonchev–Trinajstić information content (AvgIpc) is 3.39. The fraction of sp³-hybridized carbons (Fsp3) is 0.896. The summed E-state index contributed by atoms with van der Waals surface area (Å²) in [6, 6.07) is 0. The van der Waals surface area contributed by atoms with Crippen LogP contribution in [0.3, 0.4) is 0 Å². The summed E-state index contributed by atoms with van der Waals surface area (Å²) in [4.78, 5) is 38.3. The number of carbonyl (C=O) groups is 3. The van der Waals surface area contributed by atoms with Gasteiger partial charge in [-0.15, -0.1) is 0 Å². The van der Waals surface area contributed by atoms with Crippen molar-refractivity contribution >= 4 is 17.9 Å². The number of allylic oxidation sites excluding steroid dienone is 4. The Hall–Kier alpha value is -2.11. The van der Waals surface area contributed by atoms with E-state index in [0.29, 0.717) is 19.3 Å². The predicted octanol–water partition coefficient (Wildman–Crippen LogP) is 22.2. The highest BCUT2D eigenvalue weighted by Gasteiger charge is 2.19. The Morgan fingerprint density at radius 1 is 0.274 bits per heavy atom. The Balaban J connectivity index is 4.29. The summed E-state index contributed by atoms with van der Waals surface area (Å²) in [6.07, 6.45) is 74.7. The molecule has 6 heteroatoms. The second-order valence-electron chi connectivity index (χ2n) is 22.4. The average molecular weight is 1030 g/mol. The van der Waals surface area contributed by atoms with Gasteiger partial charge in [0.2, 0.25) is 0 Å². The number of hydrogen-bond donors (Lipinski definition) is 0. The van der Waals surface area contributed by atoms with E-state index >= 15 is 0 Å². The van der Waals surface area contributed by atoms with Gasteiger partial charge in [-0.25, -0.2) is 0 Å². The molecule has 0 aromatic carbocycles. The van der Waals surface area contributed by atoms with Crippen molar-refractivity contribution in [2.45, 2.75) is 374 Å². The third-order valence-corrected chi connectivity index (χ3v) is 15.0. The van der Waals surface area contributed by atoms with Crippen LogP contribution in [0.5, 0.6) is 0 Å². The Kier molecular flexibility index (Phi) is 60.6. The minimum Gasteiger partial charge on any atom is -0.462 e. The molecular formula is C67H126O6. The van der Waals surface area contributed by atoms with Crippen LogP contribution in [0.2, 0.25) is 0 Å². The molecule has 0 rings (SSSR count). The number of carbonyl (C=O) groups excluding carboxylic acids is 3. The van der Waals surface area contributed by atoms with Crippen molar-refractivity contribution in [2.75, 3.05) is 13.2 Å². The summed E-state index contributed by atoms with van der Waals surface area (Å²) >= 11 is 0. The third kappa shape index (κ3) is 60.6. The van der Waals surface area contributed by atoms with Crippen LogP contribution in [0, 0.1) is 0 Å². The van der Waals surface area contributed by atoms with Gasteiger partial charge in [0.1, 0.15) is 13.2 Å². The van der Waals surface area contributed by atoms with E-state index in [1.165, 1.54) is 263 Å². The van der Waals surface area contributed by atoms with Crippen LogP contribution < -0.4 is 0 Å². The highest BCUT2D eigenvalue weighted by atomic mass is 16.6. The summed E-state index contributed by atoms with van der Waals surface area (Å²) in [5.74, 6) is -0.841. The standard InChI is InChI=1S/C67H126O6/c1-4-7-10-13-16-19-22-25-28-30-32-33-35-36-39-42-45-48-51-54-57-60-66(69)72-63-64(62-71-65(68)59-56-53-50-47-44-41-38-27-24-21-18-15-12-9-6-3)73-67(70)61-58-55-52-49-46-43-40-37-34-31-29-26-23-20-17-14-11-8-5-2/h17,20,26,29,64H,4-16,18-19,21-25,27-28,30-63H2,1-3H3/b20-17-,29-26-/t64-/m0/s1. The zero-order valence-corrected chi connectivity index (χ0v) is 49.4. The van der Waals surface area contributed by atoms with Crippen molar-refractivity contribution < 1.29 is 28.6 Å². The summed E-state index contributed by atoms with van der Waals surface area (Å²) in [5.41, 5.74) is 0. The molecule has 1 atom stereocenters. The molecule has 0 aromatic rings. The largest absolute Gasteiger partial charge is 0.462 e. The van der Waals surface area contributed by atoms with E-state index < -0.39 is 6.10 Å². The zero-order valence-electron chi connectivity index (χ0n) is 49.4. The first kappa shape index (κ1) is 70.9.